The van der Waals surface area contributed by atoms with E-state index in [0.717, 1.165) is 31.8 Å². The zero-order valence-corrected chi connectivity index (χ0v) is 8.38. The molecular formula is C9H11F3N4. The van der Waals surface area contributed by atoms with Gasteiger partial charge >= 0.3 is 6.18 Å². The Hall–Kier alpha value is -1.37. The van der Waals surface area contributed by atoms with Crippen LogP contribution in [0.3, 0.4) is 0 Å². The summed E-state index contributed by atoms with van der Waals surface area (Å²) in [4.78, 5) is 7.20. The second-order valence-corrected chi connectivity index (χ2v) is 3.60. The molecule has 88 valence electrons. The molecule has 4 nitrogen and oxygen atoms in total. The molecule has 7 heteroatoms. The third-order valence-electron chi connectivity index (χ3n) is 2.34. The van der Waals surface area contributed by atoms with Gasteiger partial charge in [0, 0.05) is 18.8 Å². The minimum atomic E-state index is -4.42. The summed E-state index contributed by atoms with van der Waals surface area (Å²) >= 11 is 0. The van der Waals surface area contributed by atoms with E-state index in [1.165, 1.54) is 0 Å². The summed E-state index contributed by atoms with van der Waals surface area (Å²) < 4.78 is 37.1. The van der Waals surface area contributed by atoms with Crippen LogP contribution in [0.25, 0.3) is 0 Å². The molecule has 2 rings (SSSR count). The molecule has 0 aliphatic carbocycles. The van der Waals surface area contributed by atoms with Crippen molar-refractivity contribution in [3.8, 4) is 0 Å². The highest BCUT2D eigenvalue weighted by Crippen LogP contribution is 2.27. The number of hydrogen-bond donors (Lipinski definition) is 2. The summed E-state index contributed by atoms with van der Waals surface area (Å²) in [5, 5.41) is 5.97. The number of halogens is 3. The first-order valence-electron chi connectivity index (χ1n) is 4.93. The molecule has 1 aliphatic rings. The fourth-order valence-corrected chi connectivity index (χ4v) is 1.55. The van der Waals surface area contributed by atoms with E-state index in [4.69, 9.17) is 0 Å². The molecule has 0 bridgehead atoms. The molecule has 1 saturated heterocycles. The van der Waals surface area contributed by atoms with Gasteiger partial charge in [0.15, 0.2) is 0 Å². The van der Waals surface area contributed by atoms with E-state index in [2.05, 4.69) is 20.6 Å². The van der Waals surface area contributed by atoms with E-state index >= 15 is 0 Å². The monoisotopic (exact) mass is 232 g/mol. The Balaban J connectivity index is 2.09. The first kappa shape index (κ1) is 11.1. The maximum Gasteiger partial charge on any atom is 0.433 e. The summed E-state index contributed by atoms with van der Waals surface area (Å²) in [6, 6.07) is 0.960. The van der Waals surface area contributed by atoms with Crippen LogP contribution in [0.5, 0.6) is 0 Å². The number of aromatic nitrogens is 2. The smallest absolute Gasteiger partial charge is 0.350 e. The molecule has 0 radical (unpaired) electrons. The van der Waals surface area contributed by atoms with Gasteiger partial charge in [-0.25, -0.2) is 9.97 Å². The van der Waals surface area contributed by atoms with Crippen LogP contribution in [0.4, 0.5) is 19.1 Å². The first-order valence-corrected chi connectivity index (χ1v) is 4.93. The van der Waals surface area contributed by atoms with Crippen molar-refractivity contribution in [1.29, 1.82) is 0 Å². The highest BCUT2D eigenvalue weighted by Gasteiger charge is 2.33. The molecule has 1 aromatic heterocycles. The summed E-state index contributed by atoms with van der Waals surface area (Å²) in [6.07, 6.45) is -2.45. The second-order valence-electron chi connectivity index (χ2n) is 3.60. The number of rotatable bonds is 2. The second kappa shape index (κ2) is 4.25. The molecular weight excluding hydrogens is 221 g/mol. The largest absolute Gasteiger partial charge is 0.433 e. The Morgan fingerprint density at radius 3 is 2.88 bits per heavy atom. The van der Waals surface area contributed by atoms with Crippen molar-refractivity contribution >= 4 is 5.95 Å². The fourth-order valence-electron chi connectivity index (χ4n) is 1.55. The van der Waals surface area contributed by atoms with Crippen LogP contribution in [-0.2, 0) is 6.18 Å². The number of nitrogens with one attached hydrogen (secondary N) is 2. The van der Waals surface area contributed by atoms with Crippen LogP contribution in [-0.4, -0.2) is 29.1 Å². The maximum atomic E-state index is 12.4. The standard InChI is InChI=1S/C9H11F3N4/c10-9(11,12)7-2-4-14-8(16-7)15-6-1-3-13-5-6/h2,4,6,13H,1,3,5H2,(H,14,15,16). The third-order valence-corrected chi connectivity index (χ3v) is 2.34. The average molecular weight is 232 g/mol. The summed E-state index contributed by atoms with van der Waals surface area (Å²) in [5.74, 6) is 0.0310. The van der Waals surface area contributed by atoms with Gasteiger partial charge in [-0.1, -0.05) is 0 Å². The predicted octanol–water partition coefficient (Wildman–Crippen LogP) is 1.27. The Morgan fingerprint density at radius 2 is 2.25 bits per heavy atom. The Morgan fingerprint density at radius 1 is 1.44 bits per heavy atom. The Labute approximate surface area is 90.3 Å². The first-order chi connectivity index (χ1) is 7.55. The van der Waals surface area contributed by atoms with Crippen LogP contribution < -0.4 is 10.6 Å². The van der Waals surface area contributed by atoms with E-state index in [1.54, 1.807) is 0 Å². The van der Waals surface area contributed by atoms with Gasteiger partial charge in [-0.15, -0.1) is 0 Å². The van der Waals surface area contributed by atoms with Crippen LogP contribution in [0.2, 0.25) is 0 Å². The SMILES string of the molecule is FC(F)(F)c1ccnc(NC2CCNC2)n1. The highest BCUT2D eigenvalue weighted by molar-refractivity contribution is 5.28. The molecule has 1 aliphatic heterocycles. The molecule has 0 aromatic carbocycles. The normalized spacial score (nSPS) is 21.1. The molecule has 2 heterocycles. The number of hydrogen-bond acceptors (Lipinski definition) is 4. The van der Waals surface area contributed by atoms with Gasteiger partial charge in [0.2, 0.25) is 5.95 Å². The van der Waals surface area contributed by atoms with Gasteiger partial charge in [0.25, 0.3) is 0 Å². The minimum Gasteiger partial charge on any atom is -0.350 e. The lowest BCUT2D eigenvalue weighted by Crippen LogP contribution is -2.24. The van der Waals surface area contributed by atoms with Gasteiger partial charge in [0.05, 0.1) is 0 Å². The summed E-state index contributed by atoms with van der Waals surface area (Å²) in [7, 11) is 0. The van der Waals surface area contributed by atoms with Gasteiger partial charge < -0.3 is 10.6 Å². The molecule has 16 heavy (non-hydrogen) atoms. The summed E-state index contributed by atoms with van der Waals surface area (Å²) in [5.41, 5.74) is -0.920. The van der Waals surface area contributed by atoms with Crippen molar-refractivity contribution in [2.45, 2.75) is 18.6 Å². The number of alkyl halides is 3. The third kappa shape index (κ3) is 2.60. The quantitative estimate of drug-likeness (QED) is 0.806. The van der Waals surface area contributed by atoms with Gasteiger partial charge in [-0.3, -0.25) is 0 Å². The molecule has 0 spiro atoms. The molecule has 2 N–H and O–H groups in total. The molecule has 1 atom stereocenters. The highest BCUT2D eigenvalue weighted by atomic mass is 19.4. The minimum absolute atomic E-state index is 0.0310. The van der Waals surface area contributed by atoms with Crippen molar-refractivity contribution < 1.29 is 13.2 Å². The van der Waals surface area contributed by atoms with Crippen molar-refractivity contribution in [2.24, 2.45) is 0 Å². The molecule has 1 fully saturated rings. The fraction of sp³-hybridized carbons (Fsp3) is 0.556. The topological polar surface area (TPSA) is 49.8 Å². The molecule has 1 unspecified atom stereocenters. The van der Waals surface area contributed by atoms with E-state index in [-0.39, 0.29) is 12.0 Å². The van der Waals surface area contributed by atoms with E-state index in [0.29, 0.717) is 0 Å². The lowest BCUT2D eigenvalue weighted by molar-refractivity contribution is -0.141. The Bertz CT molecular complexity index is 360. The van der Waals surface area contributed by atoms with Crippen LogP contribution in [0, 0.1) is 0 Å². The van der Waals surface area contributed by atoms with Gasteiger partial charge in [-0.05, 0) is 19.0 Å². The van der Waals surface area contributed by atoms with Crippen LogP contribution >= 0.6 is 0 Å². The predicted molar refractivity (Wildman–Crippen MR) is 51.9 cm³/mol. The Kier molecular flexibility index (Phi) is 2.95. The lowest BCUT2D eigenvalue weighted by atomic mass is 10.3. The zero-order chi connectivity index (χ0) is 11.6. The molecule has 1 aromatic rings. The number of nitrogens with zero attached hydrogens (tertiary/aromatic N) is 2. The van der Waals surface area contributed by atoms with Crippen molar-refractivity contribution in [2.75, 3.05) is 18.4 Å². The van der Waals surface area contributed by atoms with E-state index in [9.17, 15) is 13.2 Å². The van der Waals surface area contributed by atoms with Crippen molar-refractivity contribution in [3.05, 3.63) is 18.0 Å². The number of anilines is 1. The van der Waals surface area contributed by atoms with Gasteiger partial charge in [-0.2, -0.15) is 13.2 Å². The van der Waals surface area contributed by atoms with E-state index in [1.807, 2.05) is 0 Å². The average Bonchev–Trinajstić information content (AvgIpc) is 2.70. The van der Waals surface area contributed by atoms with Crippen LogP contribution in [0.15, 0.2) is 12.3 Å². The molecule has 0 amide bonds. The lowest BCUT2D eigenvalue weighted by Gasteiger charge is -2.12. The summed E-state index contributed by atoms with van der Waals surface area (Å²) in [6.45, 7) is 1.58. The van der Waals surface area contributed by atoms with Crippen LogP contribution in [0.1, 0.15) is 12.1 Å². The van der Waals surface area contributed by atoms with Gasteiger partial charge in [0.1, 0.15) is 5.69 Å². The zero-order valence-electron chi connectivity index (χ0n) is 8.38. The van der Waals surface area contributed by atoms with Crippen molar-refractivity contribution in [3.63, 3.8) is 0 Å². The molecule has 0 saturated carbocycles. The van der Waals surface area contributed by atoms with E-state index < -0.39 is 11.9 Å². The van der Waals surface area contributed by atoms with Crippen molar-refractivity contribution in [1.82, 2.24) is 15.3 Å². The maximum absolute atomic E-state index is 12.4.